The molecule has 29 heavy (non-hydrogen) atoms. The fraction of sp³-hybridized carbons (Fsp3) is 0.318. The number of ether oxygens (including phenoxy) is 1. The van der Waals surface area contributed by atoms with Gasteiger partial charge in [0.1, 0.15) is 10.5 Å². The third-order valence-corrected chi connectivity index (χ3v) is 6.75. The van der Waals surface area contributed by atoms with Crippen molar-refractivity contribution in [2.45, 2.75) is 39.2 Å². The Hall–Kier alpha value is -2.93. The molecule has 3 heterocycles. The van der Waals surface area contributed by atoms with Crippen molar-refractivity contribution < 1.29 is 9.53 Å². The molecule has 6 nitrogen and oxygen atoms in total. The number of nitrogens with one attached hydrogen (secondary N) is 2. The van der Waals surface area contributed by atoms with Crippen molar-refractivity contribution in [2.75, 3.05) is 0 Å². The first-order valence-electron chi connectivity index (χ1n) is 9.83. The van der Waals surface area contributed by atoms with Gasteiger partial charge in [-0.25, -0.2) is 9.78 Å². The van der Waals surface area contributed by atoms with Crippen LogP contribution >= 0.6 is 11.3 Å². The van der Waals surface area contributed by atoms with E-state index in [1.807, 2.05) is 24.3 Å². The number of hydrogen-bond donors (Lipinski definition) is 2. The van der Waals surface area contributed by atoms with Crippen LogP contribution in [0.15, 0.2) is 35.1 Å². The summed E-state index contributed by atoms with van der Waals surface area (Å²) in [4.78, 5) is 37.9. The van der Waals surface area contributed by atoms with Crippen molar-refractivity contribution in [3.05, 3.63) is 62.6 Å². The molecule has 7 heteroatoms. The maximum absolute atomic E-state index is 12.8. The Bertz CT molecular complexity index is 1270. The van der Waals surface area contributed by atoms with E-state index in [2.05, 4.69) is 21.9 Å². The monoisotopic (exact) mass is 407 g/mol. The van der Waals surface area contributed by atoms with Gasteiger partial charge in [-0.1, -0.05) is 25.1 Å². The molecule has 0 spiro atoms. The number of para-hydroxylation sites is 1. The molecule has 0 saturated heterocycles. The van der Waals surface area contributed by atoms with E-state index < -0.39 is 12.1 Å². The van der Waals surface area contributed by atoms with Crippen LogP contribution in [-0.2, 0) is 17.6 Å². The Morgan fingerprint density at radius 2 is 2.14 bits per heavy atom. The van der Waals surface area contributed by atoms with Crippen LogP contribution in [0.25, 0.3) is 21.1 Å². The van der Waals surface area contributed by atoms with Gasteiger partial charge in [0.05, 0.1) is 5.39 Å². The summed E-state index contributed by atoms with van der Waals surface area (Å²) in [6.07, 6.45) is 2.35. The van der Waals surface area contributed by atoms with Gasteiger partial charge in [-0.2, -0.15) is 0 Å². The van der Waals surface area contributed by atoms with Gasteiger partial charge in [0.2, 0.25) is 0 Å². The minimum absolute atomic E-state index is 0.148. The Morgan fingerprint density at radius 1 is 1.31 bits per heavy atom. The highest BCUT2D eigenvalue weighted by atomic mass is 32.1. The summed E-state index contributed by atoms with van der Waals surface area (Å²) in [6.45, 7) is 3.96. The molecule has 2 N–H and O–H groups in total. The quantitative estimate of drug-likeness (QED) is 0.489. The number of benzene rings is 1. The molecule has 4 aromatic rings. The highest BCUT2D eigenvalue weighted by Crippen LogP contribution is 2.36. The lowest BCUT2D eigenvalue weighted by molar-refractivity contribution is 0.0314. The van der Waals surface area contributed by atoms with Crippen molar-refractivity contribution in [2.24, 2.45) is 5.92 Å². The summed E-state index contributed by atoms with van der Waals surface area (Å²) < 4.78 is 5.58. The van der Waals surface area contributed by atoms with Crippen LogP contribution in [0, 0.1) is 5.92 Å². The van der Waals surface area contributed by atoms with E-state index >= 15 is 0 Å². The highest BCUT2D eigenvalue weighted by molar-refractivity contribution is 7.18. The largest absolute Gasteiger partial charge is 0.450 e. The Balaban J connectivity index is 1.44. The third kappa shape index (κ3) is 3.15. The van der Waals surface area contributed by atoms with Crippen molar-refractivity contribution in [3.63, 3.8) is 0 Å². The molecule has 0 bridgehead atoms. The fourth-order valence-corrected chi connectivity index (χ4v) is 5.41. The van der Waals surface area contributed by atoms with E-state index in [-0.39, 0.29) is 5.56 Å². The minimum atomic E-state index is -0.663. The number of carbonyl (C=O) groups excluding carboxylic acids is 1. The van der Waals surface area contributed by atoms with E-state index in [1.54, 1.807) is 24.3 Å². The molecule has 1 aliphatic carbocycles. The summed E-state index contributed by atoms with van der Waals surface area (Å²) in [5.74, 6) is 0.527. The molecule has 0 fully saturated rings. The van der Waals surface area contributed by atoms with E-state index in [0.29, 0.717) is 22.8 Å². The summed E-state index contributed by atoms with van der Waals surface area (Å²) >= 11 is 1.59. The van der Waals surface area contributed by atoms with Gasteiger partial charge >= 0.3 is 5.97 Å². The second-order valence-electron chi connectivity index (χ2n) is 7.80. The van der Waals surface area contributed by atoms with Crippen LogP contribution < -0.4 is 5.56 Å². The van der Waals surface area contributed by atoms with Crippen LogP contribution in [0.3, 0.4) is 0 Å². The normalized spacial score (nSPS) is 17.4. The molecule has 0 amide bonds. The lowest BCUT2D eigenvalue weighted by Crippen LogP contribution is -2.18. The van der Waals surface area contributed by atoms with Crippen molar-refractivity contribution >= 4 is 38.4 Å². The Labute approximate surface area is 170 Å². The highest BCUT2D eigenvalue weighted by Gasteiger charge is 2.24. The summed E-state index contributed by atoms with van der Waals surface area (Å²) in [6, 6.07) is 9.42. The molecule has 0 radical (unpaired) electrons. The van der Waals surface area contributed by atoms with Gasteiger partial charge in [0.15, 0.2) is 11.9 Å². The van der Waals surface area contributed by atoms with E-state index in [1.165, 1.54) is 4.88 Å². The number of aromatic nitrogens is 3. The molecular formula is C22H21N3O3S. The number of hydrogen-bond acceptors (Lipinski definition) is 5. The number of fused-ring (bicyclic) bond motifs is 4. The second kappa shape index (κ2) is 6.84. The first-order chi connectivity index (χ1) is 14.0. The van der Waals surface area contributed by atoms with Crippen LogP contribution in [0.4, 0.5) is 0 Å². The van der Waals surface area contributed by atoms with Gasteiger partial charge in [0, 0.05) is 15.8 Å². The molecule has 0 unspecified atom stereocenters. The van der Waals surface area contributed by atoms with E-state index in [9.17, 15) is 9.59 Å². The molecular weight excluding hydrogens is 386 g/mol. The molecule has 5 rings (SSSR count). The predicted molar refractivity (Wildman–Crippen MR) is 114 cm³/mol. The zero-order valence-corrected chi connectivity index (χ0v) is 17.1. The number of esters is 1. The third-order valence-electron chi connectivity index (χ3n) is 5.60. The molecule has 0 aliphatic heterocycles. The standard InChI is InChI=1S/C22H21N3O3S/c1-11-7-8-14-17(9-11)29-21-18(14)20(26)24-19(25-21)12(2)28-22(27)16-10-13-5-3-4-6-15(13)23-16/h3-6,10-12,23H,7-9H2,1-2H3,(H,24,25,26)/t11-,12-/m1/s1. The SMILES string of the molecule is C[C@@H]1CCc2c(sc3nc([C@@H](C)OC(=O)c4cc5ccccc5[nH]4)[nH]c(=O)c23)C1. The number of aryl methyl sites for hydroxylation is 1. The summed E-state index contributed by atoms with van der Waals surface area (Å²) in [7, 11) is 0. The Morgan fingerprint density at radius 3 is 2.97 bits per heavy atom. The zero-order valence-electron chi connectivity index (χ0n) is 16.2. The van der Waals surface area contributed by atoms with E-state index in [0.717, 1.165) is 40.6 Å². The zero-order chi connectivity index (χ0) is 20.1. The number of aromatic amines is 2. The maximum atomic E-state index is 12.8. The fourth-order valence-electron chi connectivity index (χ4n) is 4.02. The number of nitrogens with zero attached hydrogens (tertiary/aromatic N) is 1. The molecule has 1 aliphatic rings. The van der Waals surface area contributed by atoms with Crippen LogP contribution in [0.2, 0.25) is 0 Å². The van der Waals surface area contributed by atoms with Crippen LogP contribution in [0.1, 0.15) is 53.1 Å². The summed E-state index contributed by atoms with van der Waals surface area (Å²) in [5.41, 5.74) is 2.25. The van der Waals surface area contributed by atoms with Gasteiger partial charge in [0.25, 0.3) is 5.56 Å². The second-order valence-corrected chi connectivity index (χ2v) is 8.88. The van der Waals surface area contributed by atoms with Crippen LogP contribution in [0.5, 0.6) is 0 Å². The van der Waals surface area contributed by atoms with Gasteiger partial charge in [-0.05, 0) is 49.8 Å². The number of H-pyrrole nitrogens is 2. The molecule has 1 aromatic carbocycles. The van der Waals surface area contributed by atoms with Crippen LogP contribution in [-0.4, -0.2) is 20.9 Å². The Kier molecular flexibility index (Phi) is 4.28. The van der Waals surface area contributed by atoms with Crippen molar-refractivity contribution in [1.29, 1.82) is 0 Å². The molecule has 148 valence electrons. The lowest BCUT2D eigenvalue weighted by Gasteiger charge is -2.17. The number of carbonyl (C=O) groups is 1. The molecule has 2 atom stereocenters. The maximum Gasteiger partial charge on any atom is 0.355 e. The first-order valence-corrected chi connectivity index (χ1v) is 10.6. The van der Waals surface area contributed by atoms with Gasteiger partial charge in [-0.15, -0.1) is 11.3 Å². The van der Waals surface area contributed by atoms with Gasteiger partial charge in [-0.3, -0.25) is 4.79 Å². The van der Waals surface area contributed by atoms with Crippen molar-refractivity contribution in [3.8, 4) is 0 Å². The first kappa shape index (κ1) is 18.1. The van der Waals surface area contributed by atoms with E-state index in [4.69, 9.17) is 4.74 Å². The summed E-state index contributed by atoms with van der Waals surface area (Å²) in [5, 5.41) is 1.65. The lowest BCUT2D eigenvalue weighted by atomic mass is 9.89. The average molecular weight is 407 g/mol. The number of rotatable bonds is 3. The predicted octanol–water partition coefficient (Wildman–Crippen LogP) is 4.51. The number of thiophene rings is 1. The minimum Gasteiger partial charge on any atom is -0.450 e. The smallest absolute Gasteiger partial charge is 0.355 e. The van der Waals surface area contributed by atoms with Crippen molar-refractivity contribution in [1.82, 2.24) is 15.0 Å². The molecule has 3 aromatic heterocycles. The molecule has 0 saturated carbocycles. The average Bonchev–Trinajstić information content (AvgIpc) is 3.28. The topological polar surface area (TPSA) is 87.8 Å². The van der Waals surface area contributed by atoms with Gasteiger partial charge < -0.3 is 14.7 Å².